The monoisotopic (exact) mass is 566 g/mol. The Balaban J connectivity index is 1.50. The zero-order valence-electron chi connectivity index (χ0n) is 23.4. The summed E-state index contributed by atoms with van der Waals surface area (Å²) >= 11 is 5.81. The van der Waals surface area contributed by atoms with Gasteiger partial charge in [-0.2, -0.15) is 0 Å². The van der Waals surface area contributed by atoms with E-state index in [0.29, 0.717) is 35.2 Å². The molecule has 2 amide bonds. The Labute approximate surface area is 241 Å². The van der Waals surface area contributed by atoms with Crippen LogP contribution in [0.25, 0.3) is 0 Å². The van der Waals surface area contributed by atoms with Crippen molar-refractivity contribution in [2.75, 3.05) is 49.6 Å². The molecule has 10 heteroatoms. The first-order chi connectivity index (χ1) is 19.3. The second kappa shape index (κ2) is 13.7. The fourth-order valence-corrected chi connectivity index (χ4v) is 5.42. The molecule has 0 radical (unpaired) electrons. The number of amides is 2. The van der Waals surface area contributed by atoms with Gasteiger partial charge in [-0.25, -0.2) is 4.79 Å². The van der Waals surface area contributed by atoms with Gasteiger partial charge in [0.25, 0.3) is 5.91 Å². The van der Waals surface area contributed by atoms with Crippen molar-refractivity contribution in [3.05, 3.63) is 54.1 Å². The molecule has 2 aliphatic heterocycles. The maximum absolute atomic E-state index is 13.7. The van der Waals surface area contributed by atoms with Gasteiger partial charge in [0.1, 0.15) is 11.8 Å². The lowest BCUT2D eigenvalue weighted by atomic mass is 9.99. The van der Waals surface area contributed by atoms with E-state index in [1.807, 2.05) is 11.8 Å². The predicted molar refractivity (Wildman–Crippen MR) is 159 cm³/mol. The first kappa shape index (κ1) is 29.5. The van der Waals surface area contributed by atoms with Crippen molar-refractivity contribution in [3.63, 3.8) is 0 Å². The van der Waals surface area contributed by atoms with Crippen molar-refractivity contribution in [2.45, 2.75) is 46.1 Å². The average Bonchev–Trinajstić information content (AvgIpc) is 3.17. The number of benzene rings is 2. The van der Waals surface area contributed by atoms with Crippen LogP contribution in [0.2, 0.25) is 0 Å². The predicted octanol–water partition coefficient (Wildman–Crippen LogP) is 4.32. The van der Waals surface area contributed by atoms with Crippen LogP contribution >= 0.6 is 12.2 Å². The smallest absolute Gasteiger partial charge is 0.338 e. The van der Waals surface area contributed by atoms with E-state index >= 15 is 0 Å². The summed E-state index contributed by atoms with van der Waals surface area (Å²) in [5.74, 6) is 0.479. The quantitative estimate of drug-likeness (QED) is 0.318. The summed E-state index contributed by atoms with van der Waals surface area (Å²) in [7, 11) is 0. The Bertz CT molecular complexity index is 1200. The summed E-state index contributed by atoms with van der Waals surface area (Å²) in [5.41, 5.74) is 1.57. The van der Waals surface area contributed by atoms with Crippen LogP contribution < -0.4 is 15.0 Å². The minimum atomic E-state index is -0.733. The third-order valence-corrected chi connectivity index (χ3v) is 7.73. The fraction of sp³-hybridized carbons (Fsp3) is 0.467. The topological polar surface area (TPSA) is 91.4 Å². The molecule has 0 saturated carbocycles. The van der Waals surface area contributed by atoms with E-state index < -0.39 is 12.0 Å². The summed E-state index contributed by atoms with van der Waals surface area (Å²) in [4.78, 5) is 44.7. The summed E-state index contributed by atoms with van der Waals surface area (Å²) in [6, 6.07) is 13.0. The lowest BCUT2D eigenvalue weighted by Gasteiger charge is -2.32. The largest absolute Gasteiger partial charge is 0.494 e. The number of anilines is 2. The Hall–Kier alpha value is -3.50. The van der Waals surface area contributed by atoms with Crippen molar-refractivity contribution in [1.29, 1.82) is 0 Å². The molecule has 2 fully saturated rings. The third kappa shape index (κ3) is 7.17. The Morgan fingerprint density at radius 2 is 1.65 bits per heavy atom. The maximum atomic E-state index is 13.7. The third-order valence-electron chi connectivity index (χ3n) is 7.32. The van der Waals surface area contributed by atoms with E-state index in [4.69, 9.17) is 21.7 Å². The molecule has 2 aromatic rings. The van der Waals surface area contributed by atoms with Gasteiger partial charge >= 0.3 is 5.97 Å². The lowest BCUT2D eigenvalue weighted by molar-refractivity contribution is -0.124. The molecule has 0 bridgehead atoms. The highest BCUT2D eigenvalue weighted by atomic mass is 32.1. The van der Waals surface area contributed by atoms with Gasteiger partial charge in [0, 0.05) is 18.8 Å². The number of piperidine rings is 1. The van der Waals surface area contributed by atoms with Crippen molar-refractivity contribution in [2.24, 2.45) is 5.92 Å². The molecule has 2 aliphatic rings. The number of hydrogen-bond donors (Lipinski definition) is 1. The first-order valence-electron chi connectivity index (χ1n) is 14.0. The number of likely N-dealkylation sites (tertiary alicyclic amines) is 1. The molecule has 0 aliphatic carbocycles. The SMILES string of the molecule is CCOC(=O)c1ccc(N2C(=O)[C@H](CC(=O)Nc3ccc(OCC)cc3)N(CCN3CCC(C)CC3)C2=S)cc1. The van der Waals surface area contributed by atoms with Gasteiger partial charge in [-0.3, -0.25) is 14.5 Å². The zero-order chi connectivity index (χ0) is 28.6. The highest BCUT2D eigenvalue weighted by Gasteiger charge is 2.44. The first-order valence-corrected chi connectivity index (χ1v) is 14.4. The van der Waals surface area contributed by atoms with E-state index in [2.05, 4.69) is 17.1 Å². The Morgan fingerprint density at radius 1 is 0.975 bits per heavy atom. The number of carbonyl (C=O) groups is 3. The van der Waals surface area contributed by atoms with E-state index in [-0.39, 0.29) is 24.8 Å². The van der Waals surface area contributed by atoms with Crippen LogP contribution in [0.15, 0.2) is 48.5 Å². The van der Waals surface area contributed by atoms with Crippen LogP contribution in [0.3, 0.4) is 0 Å². The molecule has 4 rings (SSSR count). The second-order valence-corrected chi connectivity index (χ2v) is 10.5. The molecular weight excluding hydrogens is 528 g/mol. The maximum Gasteiger partial charge on any atom is 0.338 e. The van der Waals surface area contributed by atoms with Crippen molar-refractivity contribution in [3.8, 4) is 5.75 Å². The molecule has 2 saturated heterocycles. The van der Waals surface area contributed by atoms with E-state index in [1.54, 1.807) is 55.5 Å². The van der Waals surface area contributed by atoms with Gasteiger partial charge in [-0.15, -0.1) is 0 Å². The summed E-state index contributed by atoms with van der Waals surface area (Å²) in [5, 5.41) is 3.25. The van der Waals surface area contributed by atoms with Crippen LogP contribution in [0.1, 0.15) is 50.4 Å². The van der Waals surface area contributed by atoms with Crippen LogP contribution in [0, 0.1) is 5.92 Å². The van der Waals surface area contributed by atoms with Crippen LogP contribution in [-0.2, 0) is 14.3 Å². The molecule has 40 heavy (non-hydrogen) atoms. The summed E-state index contributed by atoms with van der Waals surface area (Å²) in [6.45, 7) is 10.1. The molecule has 2 aromatic carbocycles. The Kier molecular flexibility index (Phi) is 10.1. The molecular formula is C30H38N4O5S. The highest BCUT2D eigenvalue weighted by molar-refractivity contribution is 7.80. The number of carbonyl (C=O) groups excluding carboxylic acids is 3. The van der Waals surface area contributed by atoms with Gasteiger partial charge in [0.15, 0.2) is 5.11 Å². The lowest BCUT2D eigenvalue weighted by Crippen LogP contribution is -2.44. The molecule has 1 atom stereocenters. The number of ether oxygens (including phenoxy) is 2. The standard InChI is InChI=1S/C30H38N4O5S/c1-4-38-25-12-8-23(9-13-25)31-27(35)20-26-28(36)34(24-10-6-22(7-11-24)29(37)39-5-2)30(40)33(26)19-18-32-16-14-21(3)15-17-32/h6-13,21,26H,4-5,14-20H2,1-3H3,(H,31,35)/t26-/m0/s1. The number of nitrogens with zero attached hydrogens (tertiary/aromatic N) is 3. The molecule has 2 heterocycles. The molecule has 1 N–H and O–H groups in total. The van der Waals surface area contributed by atoms with Crippen molar-refractivity contribution < 1.29 is 23.9 Å². The molecule has 214 valence electrons. The average molecular weight is 567 g/mol. The highest BCUT2D eigenvalue weighted by Crippen LogP contribution is 2.28. The summed E-state index contributed by atoms with van der Waals surface area (Å²) < 4.78 is 10.5. The van der Waals surface area contributed by atoms with Crippen LogP contribution in [0.4, 0.5) is 11.4 Å². The van der Waals surface area contributed by atoms with E-state index in [1.165, 1.54) is 4.90 Å². The molecule has 0 spiro atoms. The van der Waals surface area contributed by atoms with Gasteiger partial charge in [0.2, 0.25) is 5.91 Å². The van der Waals surface area contributed by atoms with Crippen LogP contribution in [-0.4, -0.2) is 78.1 Å². The minimum Gasteiger partial charge on any atom is -0.494 e. The van der Waals surface area contributed by atoms with Gasteiger partial charge in [-0.1, -0.05) is 6.92 Å². The van der Waals surface area contributed by atoms with Gasteiger partial charge in [0.05, 0.1) is 30.9 Å². The fourth-order valence-electron chi connectivity index (χ4n) is 5.01. The van der Waals surface area contributed by atoms with Crippen molar-refractivity contribution in [1.82, 2.24) is 9.80 Å². The van der Waals surface area contributed by atoms with Gasteiger partial charge < -0.3 is 24.6 Å². The number of hydrogen-bond acceptors (Lipinski definition) is 7. The Morgan fingerprint density at radius 3 is 2.27 bits per heavy atom. The molecule has 9 nitrogen and oxygen atoms in total. The summed E-state index contributed by atoms with van der Waals surface area (Å²) in [6.07, 6.45) is 2.26. The molecule has 0 unspecified atom stereocenters. The van der Waals surface area contributed by atoms with Crippen molar-refractivity contribution >= 4 is 46.5 Å². The number of rotatable bonds is 11. The normalized spacial score (nSPS) is 18.2. The number of esters is 1. The van der Waals surface area contributed by atoms with E-state index in [9.17, 15) is 14.4 Å². The zero-order valence-corrected chi connectivity index (χ0v) is 24.2. The van der Waals surface area contributed by atoms with E-state index in [0.717, 1.165) is 44.1 Å². The van der Waals surface area contributed by atoms with Gasteiger partial charge in [-0.05, 0) is 106 Å². The molecule has 0 aromatic heterocycles. The number of nitrogens with one attached hydrogen (secondary N) is 1. The second-order valence-electron chi connectivity index (χ2n) is 10.2. The number of thiocarbonyl (C=S) groups is 1. The minimum absolute atomic E-state index is 0.0410. The van der Waals surface area contributed by atoms with Crippen LogP contribution in [0.5, 0.6) is 5.75 Å².